The first kappa shape index (κ1) is 12.8. The fraction of sp³-hybridized carbons (Fsp3) is 0.500. The van der Waals surface area contributed by atoms with Crippen LogP contribution in [0.3, 0.4) is 0 Å². The summed E-state index contributed by atoms with van der Waals surface area (Å²) >= 11 is 0. The van der Waals surface area contributed by atoms with E-state index >= 15 is 0 Å². The summed E-state index contributed by atoms with van der Waals surface area (Å²) in [7, 11) is 0. The van der Waals surface area contributed by atoms with E-state index in [1.54, 1.807) is 0 Å². The summed E-state index contributed by atoms with van der Waals surface area (Å²) in [5, 5.41) is 2.93. The van der Waals surface area contributed by atoms with Crippen LogP contribution in [0.25, 0.3) is 0 Å². The van der Waals surface area contributed by atoms with E-state index in [9.17, 15) is 4.79 Å². The molecule has 2 nitrogen and oxygen atoms in total. The molecule has 0 heterocycles. The lowest BCUT2D eigenvalue weighted by molar-refractivity contribution is -0.121. The Balaban J connectivity index is 2.26. The van der Waals surface area contributed by atoms with Gasteiger partial charge in [-0.15, -0.1) is 0 Å². The highest BCUT2D eigenvalue weighted by molar-refractivity contribution is 5.76. The van der Waals surface area contributed by atoms with Gasteiger partial charge in [-0.25, -0.2) is 0 Å². The number of amides is 1. The van der Waals surface area contributed by atoms with Crippen molar-refractivity contribution in [2.24, 2.45) is 0 Å². The number of nitrogens with one attached hydrogen (secondary N) is 1. The summed E-state index contributed by atoms with van der Waals surface area (Å²) in [6, 6.07) is 8.33. The first-order valence-corrected chi connectivity index (χ1v) is 6.04. The van der Waals surface area contributed by atoms with Crippen LogP contribution < -0.4 is 5.32 Å². The molecular weight excluding hydrogens is 198 g/mol. The van der Waals surface area contributed by atoms with Gasteiger partial charge in [0.15, 0.2) is 0 Å². The van der Waals surface area contributed by atoms with Crippen molar-refractivity contribution in [3.8, 4) is 0 Å². The van der Waals surface area contributed by atoms with Gasteiger partial charge in [-0.1, -0.05) is 43.2 Å². The fourth-order valence-corrected chi connectivity index (χ4v) is 1.62. The van der Waals surface area contributed by atoms with E-state index in [4.69, 9.17) is 0 Å². The molecule has 1 aromatic carbocycles. The number of unbranched alkanes of at least 4 members (excludes halogenated alkanes) is 1. The Hall–Kier alpha value is -1.31. The van der Waals surface area contributed by atoms with Gasteiger partial charge < -0.3 is 5.32 Å². The Morgan fingerprint density at radius 3 is 2.88 bits per heavy atom. The summed E-state index contributed by atoms with van der Waals surface area (Å²) in [5.41, 5.74) is 2.49. The lowest BCUT2D eigenvalue weighted by atomic mass is 10.1. The zero-order chi connectivity index (χ0) is 11.8. The lowest BCUT2D eigenvalue weighted by Gasteiger charge is -2.04. The Labute approximate surface area is 98.1 Å². The Morgan fingerprint density at radius 1 is 1.38 bits per heavy atom. The van der Waals surface area contributed by atoms with Gasteiger partial charge in [0.05, 0.1) is 0 Å². The van der Waals surface area contributed by atoms with Crippen LogP contribution in [0.15, 0.2) is 24.3 Å². The van der Waals surface area contributed by atoms with E-state index in [1.165, 1.54) is 11.1 Å². The highest BCUT2D eigenvalue weighted by Crippen LogP contribution is 2.06. The molecule has 0 spiro atoms. The number of hydrogen-bond donors (Lipinski definition) is 1. The first-order chi connectivity index (χ1) is 7.72. The molecule has 0 unspecified atom stereocenters. The fourth-order valence-electron chi connectivity index (χ4n) is 1.62. The minimum absolute atomic E-state index is 0.162. The molecule has 0 fully saturated rings. The van der Waals surface area contributed by atoms with E-state index in [0.717, 1.165) is 25.8 Å². The second-order valence-corrected chi connectivity index (χ2v) is 4.19. The maximum atomic E-state index is 11.5. The topological polar surface area (TPSA) is 29.1 Å². The molecule has 88 valence electrons. The first-order valence-electron chi connectivity index (χ1n) is 6.04. The predicted octanol–water partition coefficient (Wildman–Crippen LogP) is 2.84. The molecule has 0 bridgehead atoms. The number of carbonyl (C=O) groups is 1. The third-order valence-corrected chi connectivity index (χ3v) is 2.58. The molecule has 1 N–H and O–H groups in total. The molecule has 1 amide bonds. The zero-order valence-electron chi connectivity index (χ0n) is 10.3. The van der Waals surface area contributed by atoms with Crippen LogP contribution in [-0.4, -0.2) is 12.5 Å². The molecular formula is C14H21NO. The molecule has 0 aliphatic heterocycles. The maximum Gasteiger partial charge on any atom is 0.220 e. The van der Waals surface area contributed by atoms with Crippen LogP contribution in [0.1, 0.15) is 37.3 Å². The maximum absolute atomic E-state index is 11.5. The highest BCUT2D eigenvalue weighted by Gasteiger charge is 2.01. The second kappa shape index (κ2) is 7.04. The van der Waals surface area contributed by atoms with Crippen LogP contribution in [0, 0.1) is 6.92 Å². The van der Waals surface area contributed by atoms with Gasteiger partial charge in [-0.3, -0.25) is 4.79 Å². The molecule has 0 radical (unpaired) electrons. The lowest BCUT2D eigenvalue weighted by Crippen LogP contribution is -2.24. The van der Waals surface area contributed by atoms with Crippen molar-refractivity contribution >= 4 is 5.91 Å². The quantitative estimate of drug-likeness (QED) is 0.732. The summed E-state index contributed by atoms with van der Waals surface area (Å²) < 4.78 is 0. The van der Waals surface area contributed by atoms with E-state index < -0.39 is 0 Å². The monoisotopic (exact) mass is 219 g/mol. The SMILES string of the molecule is CCCCNC(=O)CCc1cccc(C)c1. The van der Waals surface area contributed by atoms with Crippen LogP contribution in [-0.2, 0) is 11.2 Å². The minimum Gasteiger partial charge on any atom is -0.356 e. The minimum atomic E-state index is 0.162. The van der Waals surface area contributed by atoms with Gasteiger partial charge in [0, 0.05) is 13.0 Å². The average molecular weight is 219 g/mol. The molecule has 1 aromatic rings. The van der Waals surface area contributed by atoms with Gasteiger partial charge in [0.25, 0.3) is 0 Å². The number of rotatable bonds is 6. The van der Waals surface area contributed by atoms with Crippen molar-refractivity contribution in [2.45, 2.75) is 39.5 Å². The standard InChI is InChI=1S/C14H21NO/c1-3-4-10-15-14(16)9-8-13-7-5-6-12(2)11-13/h5-7,11H,3-4,8-10H2,1-2H3,(H,15,16). The third kappa shape index (κ3) is 4.96. The van der Waals surface area contributed by atoms with Crippen LogP contribution in [0.5, 0.6) is 0 Å². The third-order valence-electron chi connectivity index (χ3n) is 2.58. The second-order valence-electron chi connectivity index (χ2n) is 4.19. The highest BCUT2D eigenvalue weighted by atomic mass is 16.1. The molecule has 0 saturated carbocycles. The van der Waals surface area contributed by atoms with Crippen LogP contribution >= 0.6 is 0 Å². The zero-order valence-corrected chi connectivity index (χ0v) is 10.3. The molecule has 0 aromatic heterocycles. The molecule has 0 aliphatic carbocycles. The average Bonchev–Trinajstić information content (AvgIpc) is 2.27. The van der Waals surface area contributed by atoms with Crippen molar-refractivity contribution < 1.29 is 4.79 Å². The van der Waals surface area contributed by atoms with Gasteiger partial charge in [0.2, 0.25) is 5.91 Å². The predicted molar refractivity (Wildman–Crippen MR) is 67.4 cm³/mol. The Bertz CT molecular complexity index is 333. The van der Waals surface area contributed by atoms with E-state index in [2.05, 4.69) is 37.4 Å². The summed E-state index contributed by atoms with van der Waals surface area (Å²) in [6.45, 7) is 5.01. The van der Waals surface area contributed by atoms with Crippen molar-refractivity contribution in [2.75, 3.05) is 6.54 Å². The smallest absolute Gasteiger partial charge is 0.220 e. The normalized spacial score (nSPS) is 10.1. The number of carbonyl (C=O) groups excluding carboxylic acids is 1. The summed E-state index contributed by atoms with van der Waals surface area (Å²) in [6.07, 6.45) is 3.61. The molecule has 16 heavy (non-hydrogen) atoms. The number of benzene rings is 1. The molecule has 2 heteroatoms. The Kier molecular flexibility index (Phi) is 5.62. The molecule has 0 atom stereocenters. The summed E-state index contributed by atoms with van der Waals surface area (Å²) in [4.78, 5) is 11.5. The molecule has 0 saturated heterocycles. The van der Waals surface area contributed by atoms with E-state index in [0.29, 0.717) is 6.42 Å². The van der Waals surface area contributed by atoms with Gasteiger partial charge in [0.1, 0.15) is 0 Å². The number of aryl methyl sites for hydroxylation is 2. The van der Waals surface area contributed by atoms with Crippen molar-refractivity contribution in [1.29, 1.82) is 0 Å². The molecule has 0 aliphatic rings. The van der Waals surface area contributed by atoms with Crippen LogP contribution in [0.4, 0.5) is 0 Å². The van der Waals surface area contributed by atoms with Gasteiger partial charge in [-0.2, -0.15) is 0 Å². The van der Waals surface area contributed by atoms with Crippen LogP contribution in [0.2, 0.25) is 0 Å². The Morgan fingerprint density at radius 2 is 2.19 bits per heavy atom. The summed E-state index contributed by atoms with van der Waals surface area (Å²) in [5.74, 6) is 0.162. The number of hydrogen-bond acceptors (Lipinski definition) is 1. The molecule has 1 rings (SSSR count). The van der Waals surface area contributed by atoms with E-state index in [1.807, 2.05) is 6.07 Å². The van der Waals surface area contributed by atoms with Gasteiger partial charge in [-0.05, 0) is 25.3 Å². The van der Waals surface area contributed by atoms with Crippen molar-refractivity contribution in [3.63, 3.8) is 0 Å². The van der Waals surface area contributed by atoms with Crippen molar-refractivity contribution in [1.82, 2.24) is 5.32 Å². The van der Waals surface area contributed by atoms with Gasteiger partial charge >= 0.3 is 0 Å². The largest absolute Gasteiger partial charge is 0.356 e. The van der Waals surface area contributed by atoms with E-state index in [-0.39, 0.29) is 5.91 Å². The van der Waals surface area contributed by atoms with Crippen molar-refractivity contribution in [3.05, 3.63) is 35.4 Å².